The zero-order chi connectivity index (χ0) is 18.7. The van der Waals surface area contributed by atoms with E-state index in [9.17, 15) is 13.2 Å². The van der Waals surface area contributed by atoms with Crippen LogP contribution in [-0.4, -0.2) is 37.9 Å². The van der Waals surface area contributed by atoms with Gasteiger partial charge in [0.2, 0.25) is 10.0 Å². The molecular formula is C19H18N2O4S. The molecule has 0 aromatic heterocycles. The molecule has 1 atom stereocenters. The van der Waals surface area contributed by atoms with Crippen molar-refractivity contribution in [1.82, 2.24) is 4.31 Å². The average Bonchev–Trinajstić information content (AvgIpc) is 2.64. The number of benzene rings is 2. The molecule has 7 heteroatoms. The first-order valence-electron chi connectivity index (χ1n) is 8.08. The van der Waals surface area contributed by atoms with Crippen LogP contribution >= 0.6 is 0 Å². The molecule has 0 spiro atoms. The molecule has 0 saturated carbocycles. The van der Waals surface area contributed by atoms with Crippen LogP contribution in [0.25, 0.3) is 0 Å². The highest BCUT2D eigenvalue weighted by Crippen LogP contribution is 2.32. The molecule has 3 rings (SSSR count). The van der Waals surface area contributed by atoms with E-state index in [1.165, 1.54) is 16.6 Å². The standard InChI is InChI=1S/C19H18N2O4S/c1-26(23,24)21(11-14-5-3-2-4-6-14)18-9-16-7-15(10-20)8-17(12-22)19(16)25-13-18/h2-8,12,18H,9,11,13H2,1H3. The number of fused-ring (bicyclic) bond motifs is 1. The molecule has 0 aliphatic carbocycles. The van der Waals surface area contributed by atoms with Crippen molar-refractivity contribution in [3.05, 3.63) is 64.7 Å². The second kappa shape index (κ2) is 7.28. The summed E-state index contributed by atoms with van der Waals surface area (Å²) in [5.41, 5.74) is 2.21. The zero-order valence-electron chi connectivity index (χ0n) is 14.3. The van der Waals surface area contributed by atoms with Gasteiger partial charge in [0.05, 0.1) is 29.5 Å². The minimum absolute atomic E-state index is 0.152. The third-order valence-corrected chi connectivity index (χ3v) is 5.62. The van der Waals surface area contributed by atoms with Gasteiger partial charge in [-0.25, -0.2) is 8.42 Å². The number of sulfonamides is 1. The van der Waals surface area contributed by atoms with E-state index in [1.807, 2.05) is 36.4 Å². The Morgan fingerprint density at radius 3 is 2.65 bits per heavy atom. The van der Waals surface area contributed by atoms with Crippen LogP contribution in [0.1, 0.15) is 27.0 Å². The minimum Gasteiger partial charge on any atom is -0.491 e. The lowest BCUT2D eigenvalue weighted by molar-refractivity contribution is 0.111. The number of ether oxygens (including phenoxy) is 1. The molecule has 2 aromatic rings. The van der Waals surface area contributed by atoms with Gasteiger partial charge in [0.25, 0.3) is 0 Å². The van der Waals surface area contributed by atoms with Crippen LogP contribution in [-0.2, 0) is 23.0 Å². The Bertz CT molecular complexity index is 965. The fourth-order valence-corrected chi connectivity index (χ4v) is 4.21. The molecule has 0 saturated heterocycles. The van der Waals surface area contributed by atoms with E-state index in [4.69, 9.17) is 10.00 Å². The van der Waals surface area contributed by atoms with Crippen LogP contribution in [0.3, 0.4) is 0 Å². The summed E-state index contributed by atoms with van der Waals surface area (Å²) in [5, 5.41) is 9.15. The number of aldehydes is 1. The monoisotopic (exact) mass is 370 g/mol. The predicted octanol–water partition coefficient (Wildman–Crippen LogP) is 2.14. The van der Waals surface area contributed by atoms with Crippen LogP contribution < -0.4 is 4.74 Å². The molecule has 0 bridgehead atoms. The zero-order valence-corrected chi connectivity index (χ0v) is 15.1. The smallest absolute Gasteiger partial charge is 0.211 e. The predicted molar refractivity (Wildman–Crippen MR) is 96.4 cm³/mol. The highest BCUT2D eigenvalue weighted by molar-refractivity contribution is 7.88. The summed E-state index contributed by atoms with van der Waals surface area (Å²) in [7, 11) is -3.48. The number of nitriles is 1. The molecule has 1 heterocycles. The van der Waals surface area contributed by atoms with Gasteiger partial charge in [-0.2, -0.15) is 9.57 Å². The van der Waals surface area contributed by atoms with Crippen molar-refractivity contribution in [2.75, 3.05) is 12.9 Å². The minimum atomic E-state index is -3.48. The van der Waals surface area contributed by atoms with Gasteiger partial charge in [-0.15, -0.1) is 0 Å². The number of rotatable bonds is 5. The van der Waals surface area contributed by atoms with Crippen molar-refractivity contribution in [2.24, 2.45) is 0 Å². The second-order valence-corrected chi connectivity index (χ2v) is 8.18. The average molecular weight is 370 g/mol. The molecule has 26 heavy (non-hydrogen) atoms. The van der Waals surface area contributed by atoms with Gasteiger partial charge in [-0.1, -0.05) is 30.3 Å². The van der Waals surface area contributed by atoms with Gasteiger partial charge in [-0.3, -0.25) is 4.79 Å². The summed E-state index contributed by atoms with van der Waals surface area (Å²) in [6.45, 7) is 0.390. The quantitative estimate of drug-likeness (QED) is 0.753. The maximum atomic E-state index is 12.4. The molecule has 1 aliphatic rings. The maximum Gasteiger partial charge on any atom is 0.211 e. The van der Waals surface area contributed by atoms with Gasteiger partial charge in [-0.05, 0) is 29.7 Å². The molecule has 0 N–H and O–H groups in total. The molecule has 1 aliphatic heterocycles. The van der Waals surface area contributed by atoms with E-state index in [-0.39, 0.29) is 13.2 Å². The summed E-state index contributed by atoms with van der Waals surface area (Å²) in [6.07, 6.45) is 2.21. The Morgan fingerprint density at radius 2 is 2.04 bits per heavy atom. The summed E-state index contributed by atoms with van der Waals surface area (Å²) in [4.78, 5) is 11.3. The Morgan fingerprint density at radius 1 is 1.31 bits per heavy atom. The Hall–Kier alpha value is -2.69. The van der Waals surface area contributed by atoms with E-state index in [2.05, 4.69) is 0 Å². The van der Waals surface area contributed by atoms with Crippen molar-refractivity contribution in [2.45, 2.75) is 19.0 Å². The van der Waals surface area contributed by atoms with E-state index >= 15 is 0 Å². The van der Waals surface area contributed by atoms with Gasteiger partial charge in [0.15, 0.2) is 6.29 Å². The number of nitrogens with zero attached hydrogens (tertiary/aromatic N) is 2. The van der Waals surface area contributed by atoms with E-state index in [0.717, 1.165) is 5.56 Å². The number of carbonyl (C=O) groups is 1. The van der Waals surface area contributed by atoms with Crippen LogP contribution in [0, 0.1) is 11.3 Å². The highest BCUT2D eigenvalue weighted by Gasteiger charge is 2.32. The largest absolute Gasteiger partial charge is 0.491 e. The van der Waals surface area contributed by atoms with Gasteiger partial charge in [0.1, 0.15) is 12.4 Å². The topological polar surface area (TPSA) is 87.5 Å². The van der Waals surface area contributed by atoms with Crippen LogP contribution in [0.4, 0.5) is 0 Å². The van der Waals surface area contributed by atoms with Crippen LogP contribution in [0.2, 0.25) is 0 Å². The summed E-state index contributed by atoms with van der Waals surface area (Å²) in [6, 6.07) is 14.1. The lowest BCUT2D eigenvalue weighted by Crippen LogP contribution is -2.45. The van der Waals surface area contributed by atoms with Crippen molar-refractivity contribution in [1.29, 1.82) is 5.26 Å². The van der Waals surface area contributed by atoms with Gasteiger partial charge in [0, 0.05) is 6.54 Å². The first kappa shape index (κ1) is 18.1. The highest BCUT2D eigenvalue weighted by atomic mass is 32.2. The molecule has 0 radical (unpaired) electrons. The first-order valence-corrected chi connectivity index (χ1v) is 9.93. The molecule has 6 nitrogen and oxygen atoms in total. The van der Waals surface area contributed by atoms with Crippen LogP contribution in [0.15, 0.2) is 42.5 Å². The Kier molecular flexibility index (Phi) is 5.07. The molecule has 1 unspecified atom stereocenters. The second-order valence-electron chi connectivity index (χ2n) is 6.25. The lowest BCUT2D eigenvalue weighted by atomic mass is 9.97. The fourth-order valence-electron chi connectivity index (χ4n) is 3.15. The van der Waals surface area contributed by atoms with E-state index in [1.54, 1.807) is 6.07 Å². The Labute approximate surface area is 152 Å². The molecule has 0 amide bonds. The third kappa shape index (κ3) is 3.77. The third-order valence-electron chi connectivity index (χ3n) is 4.34. The molecule has 134 valence electrons. The van der Waals surface area contributed by atoms with Crippen LogP contribution in [0.5, 0.6) is 5.75 Å². The Balaban J connectivity index is 1.94. The summed E-state index contributed by atoms with van der Waals surface area (Å²) in [5.74, 6) is 0.434. The maximum absolute atomic E-state index is 12.4. The number of carbonyl (C=O) groups excluding carboxylic acids is 1. The van der Waals surface area contributed by atoms with Crippen molar-refractivity contribution in [3.63, 3.8) is 0 Å². The molecule has 0 fully saturated rings. The molecule has 2 aromatic carbocycles. The number of hydrogen-bond acceptors (Lipinski definition) is 5. The van der Waals surface area contributed by atoms with Crippen molar-refractivity contribution >= 4 is 16.3 Å². The van der Waals surface area contributed by atoms with Gasteiger partial charge >= 0.3 is 0 Å². The van der Waals surface area contributed by atoms with Crippen molar-refractivity contribution in [3.8, 4) is 11.8 Å². The molecular weight excluding hydrogens is 352 g/mol. The summed E-state index contributed by atoms with van der Waals surface area (Å²) < 4.78 is 31.8. The number of hydrogen-bond donors (Lipinski definition) is 0. The lowest BCUT2D eigenvalue weighted by Gasteiger charge is -2.34. The van der Waals surface area contributed by atoms with E-state index in [0.29, 0.717) is 35.1 Å². The summed E-state index contributed by atoms with van der Waals surface area (Å²) >= 11 is 0. The van der Waals surface area contributed by atoms with Gasteiger partial charge < -0.3 is 4.74 Å². The SMILES string of the molecule is CS(=O)(=O)N(Cc1ccccc1)C1COc2c(C=O)cc(C#N)cc2C1. The first-order chi connectivity index (χ1) is 12.4. The fraction of sp³-hybridized carbons (Fsp3) is 0.263. The normalized spacial score (nSPS) is 16.4. The van der Waals surface area contributed by atoms with E-state index < -0.39 is 16.1 Å². The van der Waals surface area contributed by atoms with Crippen molar-refractivity contribution < 1.29 is 17.9 Å².